The molecular formula is C24H22N2O4. The molecule has 1 aromatic heterocycles. The van der Waals surface area contributed by atoms with Crippen LogP contribution >= 0.6 is 0 Å². The Morgan fingerprint density at radius 1 is 1.03 bits per heavy atom. The summed E-state index contributed by atoms with van der Waals surface area (Å²) in [5, 5.41) is 5.68. The molecular weight excluding hydrogens is 380 g/mol. The highest BCUT2D eigenvalue weighted by Crippen LogP contribution is 2.26. The zero-order chi connectivity index (χ0) is 20.8. The van der Waals surface area contributed by atoms with Crippen molar-refractivity contribution in [3.8, 4) is 0 Å². The highest BCUT2D eigenvalue weighted by atomic mass is 16.5. The quantitative estimate of drug-likeness (QED) is 0.611. The third-order valence-electron chi connectivity index (χ3n) is 4.90. The highest BCUT2D eigenvalue weighted by Gasteiger charge is 2.21. The second kappa shape index (κ2) is 9.24. The van der Waals surface area contributed by atoms with Gasteiger partial charge in [0.05, 0.1) is 12.9 Å². The molecule has 30 heavy (non-hydrogen) atoms. The lowest BCUT2D eigenvalue weighted by molar-refractivity contribution is -0.111. The Hall–Kier alpha value is -3.64. The number of anilines is 1. The van der Waals surface area contributed by atoms with Crippen LogP contribution < -0.4 is 10.6 Å². The number of fused-ring (bicyclic) bond motifs is 1. The maximum Gasteiger partial charge on any atom is 0.251 e. The summed E-state index contributed by atoms with van der Waals surface area (Å²) in [6.07, 6.45) is 5.27. The molecule has 0 bridgehead atoms. The molecule has 1 atom stereocenters. The molecule has 1 unspecified atom stereocenters. The van der Waals surface area contributed by atoms with Crippen LogP contribution in [0.25, 0.3) is 6.08 Å². The predicted octanol–water partition coefficient (Wildman–Crippen LogP) is 3.98. The number of furan rings is 1. The van der Waals surface area contributed by atoms with Gasteiger partial charge in [-0.25, -0.2) is 0 Å². The molecule has 0 fully saturated rings. The standard InChI is InChI=1S/C24H22N2O4/c27-23(12-11-20-5-3-14-29-20)26-19-9-7-18(8-10-19)24(28)25-16-22-21-6-2-1-4-17(21)13-15-30-22/h1-12,14,22H,13,15-16H2,(H,25,28)(H,26,27). The van der Waals surface area contributed by atoms with E-state index in [1.807, 2.05) is 18.2 Å². The minimum Gasteiger partial charge on any atom is -0.465 e. The zero-order valence-electron chi connectivity index (χ0n) is 16.3. The molecule has 2 N–H and O–H groups in total. The second-order valence-corrected chi connectivity index (χ2v) is 6.93. The lowest BCUT2D eigenvalue weighted by atomic mass is 9.97. The van der Waals surface area contributed by atoms with Crippen molar-refractivity contribution < 1.29 is 18.7 Å². The molecule has 6 heteroatoms. The summed E-state index contributed by atoms with van der Waals surface area (Å²) in [4.78, 5) is 24.5. The summed E-state index contributed by atoms with van der Waals surface area (Å²) in [6, 6.07) is 18.4. The fraction of sp³-hybridized carbons (Fsp3) is 0.167. The minimum absolute atomic E-state index is 0.140. The normalized spacial score (nSPS) is 15.5. The van der Waals surface area contributed by atoms with Crippen LogP contribution in [0.2, 0.25) is 0 Å². The van der Waals surface area contributed by atoms with E-state index in [1.165, 1.54) is 11.6 Å². The third-order valence-corrected chi connectivity index (χ3v) is 4.90. The van der Waals surface area contributed by atoms with Crippen LogP contribution in [0.3, 0.4) is 0 Å². The average Bonchev–Trinajstić information content (AvgIpc) is 3.30. The Morgan fingerprint density at radius 2 is 1.87 bits per heavy atom. The van der Waals surface area contributed by atoms with Gasteiger partial charge in [-0.15, -0.1) is 0 Å². The van der Waals surface area contributed by atoms with Gasteiger partial charge in [0, 0.05) is 23.9 Å². The molecule has 0 spiro atoms. The number of benzene rings is 2. The Bertz CT molecular complexity index is 1040. The Labute approximate surface area is 174 Å². The van der Waals surface area contributed by atoms with Crippen molar-refractivity contribution in [2.24, 2.45) is 0 Å². The zero-order valence-corrected chi connectivity index (χ0v) is 16.3. The fourth-order valence-corrected chi connectivity index (χ4v) is 3.37. The number of carbonyl (C=O) groups is 2. The maximum atomic E-state index is 12.5. The molecule has 2 heterocycles. The molecule has 0 saturated carbocycles. The van der Waals surface area contributed by atoms with Gasteiger partial charge in [0.15, 0.2) is 0 Å². The van der Waals surface area contributed by atoms with E-state index in [9.17, 15) is 9.59 Å². The largest absolute Gasteiger partial charge is 0.465 e. The van der Waals surface area contributed by atoms with Crippen molar-refractivity contribution in [1.82, 2.24) is 5.32 Å². The van der Waals surface area contributed by atoms with Crippen LogP contribution in [0.15, 0.2) is 77.4 Å². The van der Waals surface area contributed by atoms with Gasteiger partial charge in [-0.2, -0.15) is 0 Å². The van der Waals surface area contributed by atoms with E-state index in [2.05, 4.69) is 16.7 Å². The van der Waals surface area contributed by atoms with E-state index in [4.69, 9.17) is 9.15 Å². The molecule has 2 amide bonds. The predicted molar refractivity (Wildman–Crippen MR) is 114 cm³/mol. The van der Waals surface area contributed by atoms with Gasteiger partial charge < -0.3 is 19.8 Å². The summed E-state index contributed by atoms with van der Waals surface area (Å²) in [7, 11) is 0. The number of ether oxygens (including phenoxy) is 1. The SMILES string of the molecule is O=C(C=Cc1ccco1)Nc1ccc(C(=O)NCC2OCCc3ccccc32)cc1. The number of nitrogens with one attached hydrogen (secondary N) is 2. The van der Waals surface area contributed by atoms with E-state index in [1.54, 1.807) is 48.7 Å². The smallest absolute Gasteiger partial charge is 0.251 e. The third kappa shape index (κ3) is 4.85. The number of amides is 2. The number of hydrogen-bond donors (Lipinski definition) is 2. The molecule has 0 aliphatic carbocycles. The molecule has 2 aromatic carbocycles. The monoisotopic (exact) mass is 402 g/mol. The van der Waals surface area contributed by atoms with Crippen LogP contribution in [0.5, 0.6) is 0 Å². The van der Waals surface area contributed by atoms with E-state index < -0.39 is 0 Å². The van der Waals surface area contributed by atoms with Crippen molar-refractivity contribution >= 4 is 23.6 Å². The van der Waals surface area contributed by atoms with Gasteiger partial charge in [-0.3, -0.25) is 9.59 Å². The molecule has 3 aromatic rings. The van der Waals surface area contributed by atoms with Crippen LogP contribution in [0.4, 0.5) is 5.69 Å². The van der Waals surface area contributed by atoms with Crippen molar-refractivity contribution in [2.75, 3.05) is 18.5 Å². The lowest BCUT2D eigenvalue weighted by Gasteiger charge is -2.26. The average molecular weight is 402 g/mol. The van der Waals surface area contributed by atoms with Crippen molar-refractivity contribution in [1.29, 1.82) is 0 Å². The molecule has 1 aliphatic rings. The van der Waals surface area contributed by atoms with Crippen molar-refractivity contribution in [2.45, 2.75) is 12.5 Å². The summed E-state index contributed by atoms with van der Waals surface area (Å²) in [5.74, 6) is 0.135. The number of hydrogen-bond acceptors (Lipinski definition) is 4. The number of rotatable bonds is 6. The molecule has 4 rings (SSSR count). The first kappa shape index (κ1) is 19.7. The summed E-state index contributed by atoms with van der Waals surface area (Å²) < 4.78 is 11.0. The second-order valence-electron chi connectivity index (χ2n) is 6.93. The fourth-order valence-electron chi connectivity index (χ4n) is 3.37. The van der Waals surface area contributed by atoms with Crippen molar-refractivity contribution in [3.63, 3.8) is 0 Å². The highest BCUT2D eigenvalue weighted by molar-refractivity contribution is 6.02. The first-order chi connectivity index (χ1) is 14.7. The van der Waals surface area contributed by atoms with Crippen LogP contribution in [-0.2, 0) is 16.0 Å². The van der Waals surface area contributed by atoms with E-state index in [-0.39, 0.29) is 17.9 Å². The van der Waals surface area contributed by atoms with E-state index in [0.29, 0.717) is 30.2 Å². The maximum absolute atomic E-state index is 12.5. The molecule has 0 radical (unpaired) electrons. The Balaban J connectivity index is 1.31. The molecule has 1 aliphatic heterocycles. The van der Waals surface area contributed by atoms with Gasteiger partial charge in [0.2, 0.25) is 5.91 Å². The first-order valence-electron chi connectivity index (χ1n) is 9.79. The van der Waals surface area contributed by atoms with Gasteiger partial charge in [-0.05, 0) is 60.0 Å². The summed E-state index contributed by atoms with van der Waals surface area (Å²) in [5.41, 5.74) is 3.52. The Kier molecular flexibility index (Phi) is 6.06. The summed E-state index contributed by atoms with van der Waals surface area (Å²) in [6.45, 7) is 1.06. The summed E-state index contributed by atoms with van der Waals surface area (Å²) >= 11 is 0. The van der Waals surface area contributed by atoms with Gasteiger partial charge in [0.1, 0.15) is 11.9 Å². The minimum atomic E-state index is -0.281. The Morgan fingerprint density at radius 3 is 2.67 bits per heavy atom. The van der Waals surface area contributed by atoms with E-state index >= 15 is 0 Å². The van der Waals surface area contributed by atoms with Crippen LogP contribution in [0.1, 0.15) is 33.3 Å². The first-order valence-corrected chi connectivity index (χ1v) is 9.79. The van der Waals surface area contributed by atoms with Crippen LogP contribution in [-0.4, -0.2) is 25.0 Å². The topological polar surface area (TPSA) is 80.6 Å². The van der Waals surface area contributed by atoms with Crippen LogP contribution in [0, 0.1) is 0 Å². The van der Waals surface area contributed by atoms with Gasteiger partial charge >= 0.3 is 0 Å². The lowest BCUT2D eigenvalue weighted by Crippen LogP contribution is -2.31. The van der Waals surface area contributed by atoms with E-state index in [0.717, 1.165) is 12.0 Å². The molecule has 6 nitrogen and oxygen atoms in total. The van der Waals surface area contributed by atoms with Crippen molar-refractivity contribution in [3.05, 3.63) is 95.5 Å². The van der Waals surface area contributed by atoms with Gasteiger partial charge in [0.25, 0.3) is 5.91 Å². The molecule has 0 saturated heterocycles. The molecule has 152 valence electrons. The van der Waals surface area contributed by atoms with Gasteiger partial charge in [-0.1, -0.05) is 24.3 Å². The number of carbonyl (C=O) groups excluding carboxylic acids is 2.